The molecule has 0 aliphatic rings. The predicted octanol–water partition coefficient (Wildman–Crippen LogP) is 4.75. The number of carbonyl (C=O) groups excluding carboxylic acids is 2. The maximum Gasteiger partial charge on any atom is 0.242 e. The van der Waals surface area contributed by atoms with E-state index < -0.39 is 5.25 Å². The minimum Gasteiger partial charge on any atom is -0.461 e. The van der Waals surface area contributed by atoms with Crippen molar-refractivity contribution in [1.82, 2.24) is 14.8 Å². The van der Waals surface area contributed by atoms with Crippen molar-refractivity contribution in [3.63, 3.8) is 0 Å². The van der Waals surface area contributed by atoms with Crippen LogP contribution in [0.25, 0.3) is 11.6 Å². The first kappa shape index (κ1) is 20.6. The van der Waals surface area contributed by atoms with Gasteiger partial charge in [-0.15, -0.1) is 10.2 Å². The van der Waals surface area contributed by atoms with Crippen LogP contribution in [0.2, 0.25) is 0 Å². The van der Waals surface area contributed by atoms with E-state index in [0.717, 1.165) is 5.56 Å². The Bertz CT molecular complexity index is 1200. The van der Waals surface area contributed by atoms with E-state index >= 15 is 0 Å². The molecule has 0 unspecified atom stereocenters. The number of carbonyl (C=O) groups is 2. The summed E-state index contributed by atoms with van der Waals surface area (Å²) in [5.41, 5.74) is 1.93. The summed E-state index contributed by atoms with van der Waals surface area (Å²) in [7, 11) is 1.83. The molecule has 0 aliphatic heterocycles. The highest BCUT2D eigenvalue weighted by Gasteiger charge is 2.26. The Morgan fingerprint density at radius 2 is 1.84 bits per heavy atom. The van der Waals surface area contributed by atoms with Crippen LogP contribution in [0.1, 0.15) is 28.1 Å². The molecule has 1 atom stereocenters. The summed E-state index contributed by atoms with van der Waals surface area (Å²) in [6, 6.07) is 19.9. The maximum atomic E-state index is 13.3. The fraction of sp³-hybridized carbons (Fsp3) is 0.130. The van der Waals surface area contributed by atoms with Crippen LogP contribution in [0.15, 0.2) is 82.6 Å². The van der Waals surface area contributed by atoms with E-state index in [1.165, 1.54) is 18.7 Å². The van der Waals surface area contributed by atoms with E-state index in [2.05, 4.69) is 15.5 Å². The highest BCUT2D eigenvalue weighted by atomic mass is 32.2. The molecule has 31 heavy (non-hydrogen) atoms. The Morgan fingerprint density at radius 3 is 2.55 bits per heavy atom. The Morgan fingerprint density at radius 1 is 1.03 bits per heavy atom. The van der Waals surface area contributed by atoms with Gasteiger partial charge in [0.05, 0.1) is 6.26 Å². The van der Waals surface area contributed by atoms with Crippen LogP contribution in [0.4, 0.5) is 5.69 Å². The van der Waals surface area contributed by atoms with Gasteiger partial charge < -0.3 is 14.3 Å². The monoisotopic (exact) mass is 432 g/mol. The fourth-order valence-corrected chi connectivity index (χ4v) is 4.07. The van der Waals surface area contributed by atoms with Crippen LogP contribution in [0.3, 0.4) is 0 Å². The van der Waals surface area contributed by atoms with Crippen molar-refractivity contribution < 1.29 is 14.0 Å². The third kappa shape index (κ3) is 4.59. The molecular formula is C23H20N4O3S. The predicted molar refractivity (Wildman–Crippen MR) is 119 cm³/mol. The van der Waals surface area contributed by atoms with Gasteiger partial charge in [-0.1, -0.05) is 54.2 Å². The number of nitrogens with one attached hydrogen (secondary N) is 1. The number of anilines is 1. The van der Waals surface area contributed by atoms with Gasteiger partial charge in [0.1, 0.15) is 5.25 Å². The fourth-order valence-electron chi connectivity index (χ4n) is 3.07. The molecule has 2 heterocycles. The standard InChI is InChI=1S/C23H20N4O3S/c1-15(28)17-10-6-11-18(14-17)24-22(29)20(16-8-4-3-5-9-16)31-23-26-25-21(27(23)2)19-12-7-13-30-19/h3-14,20H,1-2H3,(H,24,29)/t20-/m0/s1. The number of ketones is 1. The van der Waals surface area contributed by atoms with Gasteiger partial charge in [-0.25, -0.2) is 0 Å². The van der Waals surface area contributed by atoms with Crippen LogP contribution in [-0.4, -0.2) is 26.5 Å². The van der Waals surface area contributed by atoms with Crippen LogP contribution in [-0.2, 0) is 11.8 Å². The van der Waals surface area contributed by atoms with Gasteiger partial charge in [-0.2, -0.15) is 0 Å². The summed E-state index contributed by atoms with van der Waals surface area (Å²) in [6.45, 7) is 1.49. The molecule has 8 heteroatoms. The lowest BCUT2D eigenvalue weighted by Gasteiger charge is -2.17. The van der Waals surface area contributed by atoms with Crippen molar-refractivity contribution in [2.75, 3.05) is 5.32 Å². The highest BCUT2D eigenvalue weighted by Crippen LogP contribution is 2.36. The molecular weight excluding hydrogens is 412 g/mol. The van der Waals surface area contributed by atoms with Crippen LogP contribution >= 0.6 is 11.8 Å². The van der Waals surface area contributed by atoms with Gasteiger partial charge in [-0.3, -0.25) is 9.59 Å². The molecule has 0 bridgehead atoms. The minimum absolute atomic E-state index is 0.0605. The lowest BCUT2D eigenvalue weighted by Crippen LogP contribution is -2.19. The second kappa shape index (κ2) is 9.01. The van der Waals surface area contributed by atoms with Crippen molar-refractivity contribution in [2.45, 2.75) is 17.3 Å². The van der Waals surface area contributed by atoms with Crippen molar-refractivity contribution in [1.29, 1.82) is 0 Å². The van der Waals surface area contributed by atoms with E-state index in [-0.39, 0.29) is 11.7 Å². The van der Waals surface area contributed by atoms with Gasteiger partial charge in [0.15, 0.2) is 22.5 Å². The molecule has 0 saturated heterocycles. The third-order valence-corrected chi connectivity index (χ3v) is 5.97. The van der Waals surface area contributed by atoms with Crippen LogP contribution in [0, 0.1) is 0 Å². The number of thioether (sulfide) groups is 1. The van der Waals surface area contributed by atoms with Crippen LogP contribution in [0.5, 0.6) is 0 Å². The number of hydrogen-bond donors (Lipinski definition) is 1. The van der Waals surface area contributed by atoms with Crippen molar-refractivity contribution in [3.05, 3.63) is 84.1 Å². The summed E-state index contributed by atoms with van der Waals surface area (Å²) < 4.78 is 7.22. The van der Waals surface area contributed by atoms with E-state index in [0.29, 0.717) is 28.0 Å². The first-order valence-electron chi connectivity index (χ1n) is 9.59. The molecule has 7 nitrogen and oxygen atoms in total. The van der Waals surface area contributed by atoms with Crippen molar-refractivity contribution in [3.8, 4) is 11.6 Å². The zero-order valence-electron chi connectivity index (χ0n) is 17.0. The third-order valence-electron chi connectivity index (χ3n) is 4.68. The van der Waals surface area contributed by atoms with Gasteiger partial charge in [-0.05, 0) is 36.8 Å². The molecule has 1 amide bonds. The molecule has 2 aromatic heterocycles. The second-order valence-corrected chi connectivity index (χ2v) is 7.95. The van der Waals surface area contributed by atoms with Crippen molar-refractivity contribution in [2.24, 2.45) is 7.05 Å². The molecule has 156 valence electrons. The second-order valence-electron chi connectivity index (χ2n) is 6.88. The summed E-state index contributed by atoms with van der Waals surface area (Å²) in [5, 5.41) is 11.4. The summed E-state index contributed by atoms with van der Waals surface area (Å²) in [5.74, 6) is 0.895. The Labute approximate surface area is 183 Å². The maximum absolute atomic E-state index is 13.3. The van der Waals surface area contributed by atoms with Gasteiger partial charge in [0.25, 0.3) is 0 Å². The summed E-state index contributed by atoms with van der Waals surface area (Å²) in [4.78, 5) is 24.9. The molecule has 0 radical (unpaired) electrons. The van der Waals surface area contributed by atoms with Gasteiger partial charge >= 0.3 is 0 Å². The first-order valence-corrected chi connectivity index (χ1v) is 10.5. The number of benzene rings is 2. The molecule has 0 spiro atoms. The lowest BCUT2D eigenvalue weighted by molar-refractivity contribution is -0.115. The topological polar surface area (TPSA) is 90.0 Å². The SMILES string of the molecule is CC(=O)c1cccc(NC(=O)[C@@H](Sc2nnc(-c3ccco3)n2C)c2ccccc2)c1. The average molecular weight is 433 g/mol. The average Bonchev–Trinajstić information content (AvgIpc) is 3.42. The normalized spacial score (nSPS) is 11.8. The molecule has 1 N–H and O–H groups in total. The van der Waals surface area contributed by atoms with E-state index in [1.54, 1.807) is 41.2 Å². The molecule has 4 aromatic rings. The zero-order valence-corrected chi connectivity index (χ0v) is 17.8. The Hall–Kier alpha value is -3.65. The number of Topliss-reactive ketones (excluding diaryl/α,β-unsaturated/α-hetero) is 1. The smallest absolute Gasteiger partial charge is 0.242 e. The van der Waals surface area contributed by atoms with Gasteiger partial charge in [0.2, 0.25) is 5.91 Å². The van der Waals surface area contributed by atoms with E-state index in [1.807, 2.05) is 43.4 Å². The van der Waals surface area contributed by atoms with Crippen LogP contribution < -0.4 is 5.32 Å². The molecule has 0 saturated carbocycles. The van der Waals surface area contributed by atoms with E-state index in [4.69, 9.17) is 4.42 Å². The number of nitrogens with zero attached hydrogens (tertiary/aromatic N) is 3. The molecule has 2 aromatic carbocycles. The van der Waals surface area contributed by atoms with Gasteiger partial charge in [0, 0.05) is 18.3 Å². The first-order chi connectivity index (χ1) is 15.0. The number of furan rings is 1. The molecule has 0 aliphatic carbocycles. The molecule has 4 rings (SSSR count). The lowest BCUT2D eigenvalue weighted by atomic mass is 10.1. The zero-order chi connectivity index (χ0) is 21.8. The number of hydrogen-bond acceptors (Lipinski definition) is 6. The quantitative estimate of drug-likeness (QED) is 0.335. The summed E-state index contributed by atoms with van der Waals surface area (Å²) in [6.07, 6.45) is 1.58. The Balaban J connectivity index is 1.62. The number of aromatic nitrogens is 3. The highest BCUT2D eigenvalue weighted by molar-refractivity contribution is 8.00. The summed E-state index contributed by atoms with van der Waals surface area (Å²) >= 11 is 1.29. The number of amides is 1. The van der Waals surface area contributed by atoms with Crippen molar-refractivity contribution >= 4 is 29.1 Å². The molecule has 0 fully saturated rings. The number of rotatable bonds is 7. The van der Waals surface area contributed by atoms with E-state index in [9.17, 15) is 9.59 Å². The Kier molecular flexibility index (Phi) is 5.99. The minimum atomic E-state index is -0.575. The largest absolute Gasteiger partial charge is 0.461 e.